The van der Waals surface area contributed by atoms with E-state index in [4.69, 9.17) is 5.73 Å². The van der Waals surface area contributed by atoms with Gasteiger partial charge >= 0.3 is 0 Å². The van der Waals surface area contributed by atoms with Crippen LogP contribution in [0.2, 0.25) is 0 Å². The fourth-order valence-electron chi connectivity index (χ4n) is 3.40. The molecule has 2 heterocycles. The Balaban J connectivity index is 2.04. The fourth-order valence-corrected chi connectivity index (χ4v) is 3.40. The molecule has 0 aromatic heterocycles. The Labute approximate surface area is 136 Å². The van der Waals surface area contributed by atoms with Crippen LogP contribution in [0.5, 0.6) is 0 Å². The highest BCUT2D eigenvalue weighted by molar-refractivity contribution is 5.93. The third kappa shape index (κ3) is 3.81. The van der Waals surface area contributed by atoms with Crippen LogP contribution in [-0.2, 0) is 14.4 Å². The summed E-state index contributed by atoms with van der Waals surface area (Å²) in [5, 5.41) is 12.0. The van der Waals surface area contributed by atoms with E-state index in [1.54, 1.807) is 4.90 Å². The lowest BCUT2D eigenvalue weighted by Crippen LogP contribution is -2.57. The van der Waals surface area contributed by atoms with Crippen LogP contribution in [0.15, 0.2) is 0 Å². The summed E-state index contributed by atoms with van der Waals surface area (Å²) in [6.45, 7) is 2.81. The van der Waals surface area contributed by atoms with Gasteiger partial charge in [0, 0.05) is 6.54 Å². The Morgan fingerprint density at radius 3 is 2.30 bits per heavy atom. The van der Waals surface area contributed by atoms with E-state index in [-0.39, 0.29) is 11.9 Å². The molecule has 130 valence electrons. The summed E-state index contributed by atoms with van der Waals surface area (Å²) in [5.74, 6) is -1.25. The van der Waals surface area contributed by atoms with Gasteiger partial charge in [0.25, 0.3) is 0 Å². The molecule has 2 aliphatic heterocycles. The standard InChI is InChI=1S/C15H26N4O4/c1-9(20)12(13(16)21)17-14(22)10-5-4-8-19(10)15(23)11-6-3-7-18(11)2/h9-12,20H,3-8H2,1-2H3,(H2,16,21)(H,17,22)/t9-,10+,11-,12+/m1/s1. The molecule has 0 spiro atoms. The molecular formula is C15H26N4O4. The second-order valence-electron chi connectivity index (χ2n) is 6.46. The molecule has 2 aliphatic rings. The summed E-state index contributed by atoms with van der Waals surface area (Å²) in [4.78, 5) is 40.1. The average Bonchev–Trinajstić information content (AvgIpc) is 3.11. The van der Waals surface area contributed by atoms with Gasteiger partial charge in [0.2, 0.25) is 17.7 Å². The molecule has 4 N–H and O–H groups in total. The van der Waals surface area contributed by atoms with Gasteiger partial charge in [0.05, 0.1) is 12.1 Å². The number of nitrogens with zero attached hydrogens (tertiary/aromatic N) is 2. The number of likely N-dealkylation sites (tertiary alicyclic amines) is 2. The van der Waals surface area contributed by atoms with E-state index in [0.717, 1.165) is 25.8 Å². The van der Waals surface area contributed by atoms with E-state index in [9.17, 15) is 19.5 Å². The number of primary amides is 1. The maximum atomic E-state index is 12.7. The molecular weight excluding hydrogens is 300 g/mol. The number of nitrogens with one attached hydrogen (secondary N) is 1. The van der Waals surface area contributed by atoms with Crippen LogP contribution in [0.4, 0.5) is 0 Å². The first kappa shape index (κ1) is 17.7. The number of rotatable bonds is 5. The minimum atomic E-state index is -1.14. The zero-order valence-corrected chi connectivity index (χ0v) is 13.7. The molecule has 0 aliphatic carbocycles. The number of carbonyl (C=O) groups is 3. The van der Waals surface area contributed by atoms with E-state index < -0.39 is 30.0 Å². The summed E-state index contributed by atoms with van der Waals surface area (Å²) in [6, 6.07) is -1.92. The van der Waals surface area contributed by atoms with Crippen molar-refractivity contribution in [3.05, 3.63) is 0 Å². The van der Waals surface area contributed by atoms with Crippen molar-refractivity contribution in [1.82, 2.24) is 15.1 Å². The van der Waals surface area contributed by atoms with Gasteiger partial charge in [-0.1, -0.05) is 0 Å². The molecule has 0 unspecified atom stereocenters. The lowest BCUT2D eigenvalue weighted by Gasteiger charge is -2.30. The van der Waals surface area contributed by atoms with Gasteiger partial charge in [-0.25, -0.2) is 0 Å². The molecule has 4 atom stereocenters. The van der Waals surface area contributed by atoms with E-state index in [2.05, 4.69) is 5.32 Å². The number of aliphatic hydroxyl groups excluding tert-OH is 1. The van der Waals surface area contributed by atoms with Gasteiger partial charge in [0.15, 0.2) is 0 Å². The van der Waals surface area contributed by atoms with Crippen LogP contribution in [-0.4, -0.2) is 77.0 Å². The molecule has 23 heavy (non-hydrogen) atoms. The monoisotopic (exact) mass is 326 g/mol. The Kier molecular flexibility index (Phi) is 5.59. The number of likely N-dealkylation sites (N-methyl/N-ethyl adjacent to an activating group) is 1. The van der Waals surface area contributed by atoms with Crippen molar-refractivity contribution in [3.63, 3.8) is 0 Å². The van der Waals surface area contributed by atoms with Crippen molar-refractivity contribution in [2.75, 3.05) is 20.1 Å². The normalized spacial score (nSPS) is 27.7. The van der Waals surface area contributed by atoms with Crippen LogP contribution in [0, 0.1) is 0 Å². The number of hydrogen-bond acceptors (Lipinski definition) is 5. The van der Waals surface area contributed by atoms with Gasteiger partial charge in [-0.3, -0.25) is 19.3 Å². The topological polar surface area (TPSA) is 116 Å². The first-order valence-electron chi connectivity index (χ1n) is 8.11. The molecule has 2 saturated heterocycles. The molecule has 8 heteroatoms. The maximum Gasteiger partial charge on any atom is 0.243 e. The number of amides is 3. The van der Waals surface area contributed by atoms with Gasteiger partial charge in [-0.05, 0) is 46.2 Å². The van der Waals surface area contributed by atoms with E-state index in [1.165, 1.54) is 6.92 Å². The molecule has 0 bridgehead atoms. The van der Waals surface area contributed by atoms with Gasteiger partial charge in [0.1, 0.15) is 12.1 Å². The van der Waals surface area contributed by atoms with Crippen LogP contribution in [0.25, 0.3) is 0 Å². The predicted molar refractivity (Wildman–Crippen MR) is 83.2 cm³/mol. The maximum absolute atomic E-state index is 12.7. The van der Waals surface area contributed by atoms with Crippen LogP contribution in [0.1, 0.15) is 32.6 Å². The molecule has 0 radical (unpaired) electrons. The highest BCUT2D eigenvalue weighted by Gasteiger charge is 2.40. The molecule has 0 saturated carbocycles. The Hall–Kier alpha value is -1.67. The number of aliphatic hydroxyl groups is 1. The minimum Gasteiger partial charge on any atom is -0.391 e. The molecule has 2 rings (SSSR count). The Morgan fingerprint density at radius 1 is 1.17 bits per heavy atom. The van der Waals surface area contributed by atoms with Crippen molar-refractivity contribution in [2.24, 2.45) is 5.73 Å². The van der Waals surface area contributed by atoms with Gasteiger partial charge in [-0.2, -0.15) is 0 Å². The Morgan fingerprint density at radius 2 is 1.78 bits per heavy atom. The van der Waals surface area contributed by atoms with Crippen LogP contribution < -0.4 is 11.1 Å². The predicted octanol–water partition coefficient (Wildman–Crippen LogP) is -1.58. The fraction of sp³-hybridized carbons (Fsp3) is 0.800. The third-order valence-corrected chi connectivity index (χ3v) is 4.73. The van der Waals surface area contributed by atoms with E-state index >= 15 is 0 Å². The quantitative estimate of drug-likeness (QED) is 0.564. The number of carbonyl (C=O) groups excluding carboxylic acids is 3. The van der Waals surface area contributed by atoms with Gasteiger partial charge < -0.3 is 21.1 Å². The number of hydrogen-bond donors (Lipinski definition) is 3. The zero-order valence-electron chi connectivity index (χ0n) is 13.7. The first-order chi connectivity index (χ1) is 10.8. The average molecular weight is 326 g/mol. The molecule has 0 aromatic rings. The number of nitrogens with two attached hydrogens (primary N) is 1. The largest absolute Gasteiger partial charge is 0.391 e. The summed E-state index contributed by atoms with van der Waals surface area (Å²) in [6.07, 6.45) is 2.00. The van der Waals surface area contributed by atoms with Crippen LogP contribution >= 0.6 is 0 Å². The lowest BCUT2D eigenvalue weighted by molar-refractivity contribution is -0.142. The minimum absolute atomic E-state index is 0.0321. The molecule has 3 amide bonds. The van der Waals surface area contributed by atoms with Crippen molar-refractivity contribution >= 4 is 17.7 Å². The molecule has 0 aromatic carbocycles. The third-order valence-electron chi connectivity index (χ3n) is 4.73. The lowest BCUT2D eigenvalue weighted by atomic mass is 10.1. The highest BCUT2D eigenvalue weighted by Crippen LogP contribution is 2.24. The Bertz CT molecular complexity index is 482. The summed E-state index contributed by atoms with van der Waals surface area (Å²) < 4.78 is 0. The van der Waals surface area contributed by atoms with Crippen molar-refractivity contribution in [2.45, 2.75) is 56.8 Å². The van der Waals surface area contributed by atoms with Crippen LogP contribution in [0.3, 0.4) is 0 Å². The van der Waals surface area contributed by atoms with Crippen molar-refractivity contribution < 1.29 is 19.5 Å². The van der Waals surface area contributed by atoms with Crippen molar-refractivity contribution in [3.8, 4) is 0 Å². The van der Waals surface area contributed by atoms with E-state index in [1.807, 2.05) is 11.9 Å². The van der Waals surface area contributed by atoms with Gasteiger partial charge in [-0.15, -0.1) is 0 Å². The SMILES string of the molecule is C[C@@H](O)[C@H](NC(=O)[C@@H]1CCCN1C(=O)[C@H]1CCCN1C)C(N)=O. The zero-order chi connectivity index (χ0) is 17.1. The summed E-state index contributed by atoms with van der Waals surface area (Å²) in [7, 11) is 1.91. The summed E-state index contributed by atoms with van der Waals surface area (Å²) >= 11 is 0. The van der Waals surface area contributed by atoms with Crippen molar-refractivity contribution in [1.29, 1.82) is 0 Å². The smallest absolute Gasteiger partial charge is 0.243 e. The first-order valence-corrected chi connectivity index (χ1v) is 8.11. The highest BCUT2D eigenvalue weighted by atomic mass is 16.3. The second kappa shape index (κ2) is 7.27. The van der Waals surface area contributed by atoms with E-state index in [0.29, 0.717) is 13.0 Å². The molecule has 2 fully saturated rings. The second-order valence-corrected chi connectivity index (χ2v) is 6.46. The molecule has 8 nitrogen and oxygen atoms in total. The summed E-state index contributed by atoms with van der Waals surface area (Å²) in [5.41, 5.74) is 5.20.